The monoisotopic (exact) mass is 247 g/mol. The van der Waals surface area contributed by atoms with Crippen LogP contribution in [0.2, 0.25) is 6.82 Å². The molecule has 0 bridgehead atoms. The van der Waals surface area contributed by atoms with Crippen LogP contribution in [0.5, 0.6) is 0 Å². The molecule has 0 heterocycles. The second-order valence-corrected chi connectivity index (χ2v) is 7.83. The first-order valence-corrected chi connectivity index (χ1v) is 8.15. The highest BCUT2D eigenvalue weighted by atomic mass is 31.2. The van der Waals surface area contributed by atoms with Crippen LogP contribution in [-0.4, -0.2) is 36.5 Å². The summed E-state index contributed by atoms with van der Waals surface area (Å²) in [5.74, 6) is 0. The maximum Gasteiger partial charge on any atom is 0.373 e. The molecule has 1 aliphatic carbocycles. The molecule has 0 amide bonds. The lowest BCUT2D eigenvalue weighted by Gasteiger charge is -2.23. The zero-order valence-corrected chi connectivity index (χ0v) is 11.5. The van der Waals surface area contributed by atoms with Crippen LogP contribution in [0.1, 0.15) is 33.1 Å². The predicted octanol–water partition coefficient (Wildman–Crippen LogP) is 1.94. The van der Waals surface area contributed by atoms with Crippen molar-refractivity contribution in [1.82, 2.24) is 5.23 Å². The fourth-order valence-corrected chi connectivity index (χ4v) is 4.65. The summed E-state index contributed by atoms with van der Waals surface area (Å²) >= 11 is 0. The minimum absolute atomic E-state index is 0.0135. The molecule has 0 aromatic heterocycles. The first kappa shape index (κ1) is 14.2. The lowest BCUT2D eigenvalue weighted by Crippen LogP contribution is -2.38. The fraction of sp³-hybridized carbons (Fsp3) is 1.00. The first-order chi connectivity index (χ1) is 7.31. The SMILES string of the molecule is CB(O)N[C@H]1CC[C@@H](P(C)(=O)OC(C)C)C1. The van der Waals surface area contributed by atoms with Crippen LogP contribution in [0.15, 0.2) is 0 Å². The van der Waals surface area contributed by atoms with Crippen molar-refractivity contribution in [2.75, 3.05) is 6.66 Å². The number of rotatable bonds is 5. The van der Waals surface area contributed by atoms with E-state index in [-0.39, 0.29) is 17.8 Å². The molecule has 6 heteroatoms. The van der Waals surface area contributed by atoms with Gasteiger partial charge < -0.3 is 14.8 Å². The zero-order chi connectivity index (χ0) is 12.3. The molecule has 0 aromatic rings. The van der Waals surface area contributed by atoms with Crippen molar-refractivity contribution in [1.29, 1.82) is 0 Å². The summed E-state index contributed by atoms with van der Waals surface area (Å²) in [6.07, 6.45) is 2.74. The van der Waals surface area contributed by atoms with Gasteiger partial charge in [0.2, 0.25) is 7.37 Å². The van der Waals surface area contributed by atoms with Crippen molar-refractivity contribution in [3.63, 3.8) is 0 Å². The van der Waals surface area contributed by atoms with Crippen LogP contribution in [-0.2, 0) is 9.09 Å². The van der Waals surface area contributed by atoms with Crippen molar-refractivity contribution in [2.24, 2.45) is 0 Å². The topological polar surface area (TPSA) is 58.6 Å². The highest BCUT2D eigenvalue weighted by Crippen LogP contribution is 2.55. The quantitative estimate of drug-likeness (QED) is 0.575. The largest absolute Gasteiger partial charge is 0.437 e. The van der Waals surface area contributed by atoms with Crippen molar-refractivity contribution >= 4 is 14.4 Å². The van der Waals surface area contributed by atoms with Gasteiger partial charge in [0.15, 0.2) is 0 Å². The van der Waals surface area contributed by atoms with Gasteiger partial charge in [0.1, 0.15) is 0 Å². The molecule has 1 rings (SSSR count). The number of hydrogen-bond donors (Lipinski definition) is 2. The molecular weight excluding hydrogens is 224 g/mol. The first-order valence-electron chi connectivity index (χ1n) is 6.01. The van der Waals surface area contributed by atoms with Crippen molar-refractivity contribution in [3.05, 3.63) is 0 Å². The summed E-state index contributed by atoms with van der Waals surface area (Å²) in [6, 6.07) is 0.272. The van der Waals surface area contributed by atoms with Gasteiger partial charge in [0.05, 0.1) is 6.10 Å². The Balaban J connectivity index is 2.48. The average Bonchev–Trinajstić information content (AvgIpc) is 2.49. The molecular formula is C10H23BNO3P. The van der Waals surface area contributed by atoms with Crippen molar-refractivity contribution in [2.45, 2.75) is 57.7 Å². The molecule has 16 heavy (non-hydrogen) atoms. The van der Waals surface area contributed by atoms with Crippen LogP contribution in [0.3, 0.4) is 0 Å². The van der Waals surface area contributed by atoms with Gasteiger partial charge in [0, 0.05) is 12.3 Å². The van der Waals surface area contributed by atoms with Gasteiger partial charge >= 0.3 is 7.05 Å². The maximum absolute atomic E-state index is 12.3. The van der Waals surface area contributed by atoms with Crippen LogP contribution < -0.4 is 5.23 Å². The summed E-state index contributed by atoms with van der Waals surface area (Å²) in [5.41, 5.74) is 0.145. The van der Waals surface area contributed by atoms with Crippen LogP contribution in [0, 0.1) is 0 Å². The molecule has 1 aliphatic rings. The van der Waals surface area contributed by atoms with Gasteiger partial charge in [-0.05, 0) is 46.0 Å². The zero-order valence-electron chi connectivity index (χ0n) is 10.6. The standard InChI is InChI=1S/C10H23BNO3P/c1-8(2)15-16(4,14)10-6-5-9(7-10)12-11(3)13/h8-10,12-13H,5-7H2,1-4H3/t9-,10+,16?/m0/s1. The summed E-state index contributed by atoms with van der Waals surface area (Å²) in [7, 11) is -2.99. The molecule has 4 nitrogen and oxygen atoms in total. The highest BCUT2D eigenvalue weighted by molar-refractivity contribution is 7.58. The Bertz CT molecular complexity index is 273. The molecule has 1 saturated carbocycles. The Morgan fingerprint density at radius 3 is 2.62 bits per heavy atom. The summed E-state index contributed by atoms with van der Waals surface area (Å²) < 4.78 is 17.9. The Labute approximate surface area is 98.7 Å². The molecule has 0 spiro atoms. The summed E-state index contributed by atoms with van der Waals surface area (Å²) in [4.78, 5) is 0. The Kier molecular flexibility index (Phi) is 5.05. The molecule has 0 radical (unpaired) electrons. The van der Waals surface area contributed by atoms with Crippen molar-refractivity contribution < 1.29 is 14.1 Å². The lowest BCUT2D eigenvalue weighted by atomic mass is 9.87. The van der Waals surface area contributed by atoms with Gasteiger partial charge in [0.25, 0.3) is 0 Å². The second kappa shape index (κ2) is 5.68. The molecule has 94 valence electrons. The Morgan fingerprint density at radius 2 is 2.12 bits per heavy atom. The second-order valence-electron chi connectivity index (χ2n) is 5.07. The van der Waals surface area contributed by atoms with Gasteiger partial charge in [-0.1, -0.05) is 0 Å². The number of nitrogens with one attached hydrogen (secondary N) is 1. The highest BCUT2D eigenvalue weighted by Gasteiger charge is 2.37. The third-order valence-electron chi connectivity index (χ3n) is 2.97. The molecule has 0 aromatic carbocycles. The molecule has 2 N–H and O–H groups in total. The van der Waals surface area contributed by atoms with E-state index < -0.39 is 14.4 Å². The van der Waals surface area contributed by atoms with Gasteiger partial charge in [-0.3, -0.25) is 4.57 Å². The van der Waals surface area contributed by atoms with E-state index in [1.807, 2.05) is 13.8 Å². The van der Waals surface area contributed by atoms with Crippen LogP contribution in [0.4, 0.5) is 0 Å². The summed E-state index contributed by atoms with van der Waals surface area (Å²) in [6.45, 7) is 7.28. The minimum atomic E-state index is -2.50. The molecule has 3 atom stereocenters. The maximum atomic E-state index is 12.3. The third kappa shape index (κ3) is 4.21. The molecule has 0 saturated heterocycles. The Morgan fingerprint density at radius 1 is 1.50 bits per heavy atom. The normalized spacial score (nSPS) is 29.4. The van der Waals surface area contributed by atoms with Crippen LogP contribution in [0.25, 0.3) is 0 Å². The molecule has 1 unspecified atom stereocenters. The fourth-order valence-electron chi connectivity index (χ4n) is 2.38. The predicted molar refractivity (Wildman–Crippen MR) is 68.2 cm³/mol. The van der Waals surface area contributed by atoms with Crippen molar-refractivity contribution in [3.8, 4) is 0 Å². The molecule has 1 fully saturated rings. The van der Waals surface area contributed by atoms with E-state index in [0.29, 0.717) is 0 Å². The van der Waals surface area contributed by atoms with Crippen LogP contribution >= 0.6 is 7.37 Å². The van der Waals surface area contributed by atoms with E-state index in [1.165, 1.54) is 0 Å². The van der Waals surface area contributed by atoms with E-state index in [4.69, 9.17) is 4.52 Å². The Hall–Kier alpha value is 0.175. The van der Waals surface area contributed by atoms with E-state index >= 15 is 0 Å². The van der Waals surface area contributed by atoms with Gasteiger partial charge in [-0.2, -0.15) is 0 Å². The molecule has 0 aliphatic heterocycles. The van der Waals surface area contributed by atoms with E-state index in [9.17, 15) is 9.59 Å². The number of hydrogen-bond acceptors (Lipinski definition) is 4. The van der Waals surface area contributed by atoms with E-state index in [0.717, 1.165) is 19.3 Å². The lowest BCUT2D eigenvalue weighted by molar-refractivity contribution is 0.241. The van der Waals surface area contributed by atoms with E-state index in [1.54, 1.807) is 13.5 Å². The van der Waals surface area contributed by atoms with Gasteiger partial charge in [-0.25, -0.2) is 0 Å². The third-order valence-corrected chi connectivity index (χ3v) is 5.60. The smallest absolute Gasteiger partial charge is 0.373 e. The minimum Gasteiger partial charge on any atom is -0.437 e. The van der Waals surface area contributed by atoms with Gasteiger partial charge in [-0.15, -0.1) is 0 Å². The summed E-state index contributed by atoms with van der Waals surface area (Å²) in [5, 5.41) is 12.3. The van der Waals surface area contributed by atoms with E-state index in [2.05, 4.69) is 5.23 Å². The average molecular weight is 247 g/mol.